The van der Waals surface area contributed by atoms with Crippen LogP contribution < -0.4 is 0 Å². The molecule has 0 aliphatic rings. The number of hydrogen-bond acceptors (Lipinski definition) is 5. The molecule has 0 spiro atoms. The predicted octanol–water partition coefficient (Wildman–Crippen LogP) is 2.33. The molecule has 2 unspecified atom stereocenters. The van der Waals surface area contributed by atoms with Crippen LogP contribution in [0, 0.1) is 21.4 Å². The van der Waals surface area contributed by atoms with Crippen molar-refractivity contribution in [2.45, 2.75) is 30.1 Å². The van der Waals surface area contributed by atoms with Crippen molar-refractivity contribution in [1.29, 1.82) is 5.26 Å². The third kappa shape index (κ3) is 3.44. The number of nitro benzene ring substituents is 1. The average Bonchev–Trinajstić information content (AvgIpc) is 2.29. The molecular formula is C11H12N2O3S. The van der Waals surface area contributed by atoms with Gasteiger partial charge in [-0.05, 0) is 19.1 Å². The number of nitrogens with zero attached hydrogens (tertiary/aromatic N) is 2. The quantitative estimate of drug-likeness (QED) is 0.505. The number of hydrogen-bond donors (Lipinski definition) is 1. The van der Waals surface area contributed by atoms with E-state index in [1.807, 2.05) is 6.07 Å². The van der Waals surface area contributed by atoms with Gasteiger partial charge in [-0.3, -0.25) is 10.1 Å². The molecule has 0 aromatic heterocycles. The molecule has 17 heavy (non-hydrogen) atoms. The zero-order chi connectivity index (χ0) is 13.0. The Bertz CT molecular complexity index is 468. The maximum atomic E-state index is 10.9. The molecule has 0 radical (unpaired) electrons. The minimum Gasteiger partial charge on any atom is -0.392 e. The van der Waals surface area contributed by atoms with E-state index in [1.165, 1.54) is 23.9 Å². The van der Waals surface area contributed by atoms with Gasteiger partial charge in [0.1, 0.15) is 0 Å². The third-order valence-corrected chi connectivity index (χ3v) is 3.64. The number of aliphatic hydroxyl groups excluding tert-OH is 1. The zero-order valence-corrected chi connectivity index (χ0v) is 10.3. The summed E-state index contributed by atoms with van der Waals surface area (Å²) >= 11 is 1.22. The van der Waals surface area contributed by atoms with Crippen molar-refractivity contribution in [3.05, 3.63) is 33.9 Å². The molecular weight excluding hydrogens is 240 g/mol. The molecule has 0 amide bonds. The molecule has 0 bridgehead atoms. The van der Waals surface area contributed by atoms with Crippen LogP contribution in [-0.2, 0) is 0 Å². The molecule has 2 atom stereocenters. The molecule has 90 valence electrons. The van der Waals surface area contributed by atoms with Gasteiger partial charge in [0.25, 0.3) is 5.69 Å². The van der Waals surface area contributed by atoms with Crippen LogP contribution in [0.4, 0.5) is 5.69 Å². The first-order valence-corrected chi connectivity index (χ1v) is 5.87. The number of benzene rings is 1. The van der Waals surface area contributed by atoms with E-state index in [9.17, 15) is 15.2 Å². The van der Waals surface area contributed by atoms with Gasteiger partial charge in [0, 0.05) is 11.3 Å². The molecule has 0 heterocycles. The minimum atomic E-state index is -0.560. The van der Waals surface area contributed by atoms with Crippen molar-refractivity contribution in [3.8, 4) is 6.07 Å². The van der Waals surface area contributed by atoms with Crippen LogP contribution >= 0.6 is 11.8 Å². The van der Waals surface area contributed by atoms with E-state index in [0.717, 1.165) is 0 Å². The Morgan fingerprint density at radius 1 is 1.53 bits per heavy atom. The van der Waals surface area contributed by atoms with Crippen molar-refractivity contribution < 1.29 is 10.0 Å². The summed E-state index contributed by atoms with van der Waals surface area (Å²) in [5.41, 5.74) is 0.160. The summed E-state index contributed by atoms with van der Waals surface area (Å²) < 4.78 is 0. The van der Waals surface area contributed by atoms with Crippen LogP contribution in [0.15, 0.2) is 23.1 Å². The molecule has 6 heteroatoms. The van der Waals surface area contributed by atoms with Gasteiger partial charge in [0.15, 0.2) is 0 Å². The molecule has 1 rings (SSSR count). The summed E-state index contributed by atoms with van der Waals surface area (Å²) in [5.74, 6) is 0. The van der Waals surface area contributed by atoms with Gasteiger partial charge in [-0.1, -0.05) is 6.92 Å². The van der Waals surface area contributed by atoms with Crippen LogP contribution in [-0.4, -0.2) is 21.4 Å². The smallest absolute Gasteiger partial charge is 0.284 e. The highest BCUT2D eigenvalue weighted by Gasteiger charge is 2.19. The highest BCUT2D eigenvalue weighted by molar-refractivity contribution is 8.00. The Labute approximate surface area is 103 Å². The first-order chi connectivity index (χ1) is 7.95. The number of aliphatic hydroxyl groups is 1. The van der Waals surface area contributed by atoms with Crippen molar-refractivity contribution in [2.75, 3.05) is 0 Å². The van der Waals surface area contributed by atoms with Gasteiger partial charge in [-0.15, -0.1) is 11.8 Å². The molecule has 0 saturated heterocycles. The van der Waals surface area contributed by atoms with E-state index in [-0.39, 0.29) is 16.5 Å². The Morgan fingerprint density at radius 2 is 2.18 bits per heavy atom. The number of nitriles is 1. The zero-order valence-electron chi connectivity index (χ0n) is 9.45. The van der Waals surface area contributed by atoms with E-state index in [2.05, 4.69) is 0 Å². The lowest BCUT2D eigenvalue weighted by Crippen LogP contribution is -2.15. The summed E-state index contributed by atoms with van der Waals surface area (Å²) in [7, 11) is 0. The lowest BCUT2D eigenvalue weighted by Gasteiger charge is -2.13. The molecule has 0 saturated carbocycles. The van der Waals surface area contributed by atoms with Gasteiger partial charge in [-0.25, -0.2) is 0 Å². The molecule has 1 aromatic carbocycles. The average molecular weight is 252 g/mol. The first-order valence-electron chi connectivity index (χ1n) is 4.99. The highest BCUT2D eigenvalue weighted by Crippen LogP contribution is 2.33. The lowest BCUT2D eigenvalue weighted by atomic mass is 10.2. The number of thioether (sulfide) groups is 1. The normalized spacial score (nSPS) is 13.8. The van der Waals surface area contributed by atoms with E-state index in [4.69, 9.17) is 5.26 Å². The Hall–Kier alpha value is -1.58. The summed E-state index contributed by atoms with van der Waals surface area (Å²) in [6.45, 7) is 3.42. The lowest BCUT2D eigenvalue weighted by molar-refractivity contribution is -0.387. The predicted molar refractivity (Wildman–Crippen MR) is 64.8 cm³/mol. The highest BCUT2D eigenvalue weighted by atomic mass is 32.2. The second-order valence-electron chi connectivity index (χ2n) is 3.61. The van der Waals surface area contributed by atoms with Crippen molar-refractivity contribution in [1.82, 2.24) is 0 Å². The molecule has 1 N–H and O–H groups in total. The molecule has 5 nitrogen and oxygen atoms in total. The standard InChI is InChI=1S/C11H12N2O3S/c1-7(14)8(2)17-11-4-3-9(6-12)5-10(11)13(15)16/h3-5,7-8,14H,1-2H3. The maximum absolute atomic E-state index is 10.9. The van der Waals surface area contributed by atoms with Crippen LogP contribution in [0.5, 0.6) is 0 Å². The fourth-order valence-electron chi connectivity index (χ4n) is 1.13. The fraction of sp³-hybridized carbons (Fsp3) is 0.364. The monoisotopic (exact) mass is 252 g/mol. The topological polar surface area (TPSA) is 87.2 Å². The Kier molecular flexibility index (Phi) is 4.49. The van der Waals surface area contributed by atoms with Gasteiger partial charge in [0.2, 0.25) is 0 Å². The van der Waals surface area contributed by atoms with E-state index in [1.54, 1.807) is 19.9 Å². The summed E-state index contributed by atoms with van der Waals surface area (Å²) in [6, 6.07) is 6.18. The number of nitro groups is 1. The second-order valence-corrected chi connectivity index (χ2v) is 5.03. The van der Waals surface area contributed by atoms with Gasteiger partial charge in [-0.2, -0.15) is 5.26 Å². The van der Waals surface area contributed by atoms with E-state index in [0.29, 0.717) is 4.90 Å². The second kappa shape index (κ2) is 5.66. The van der Waals surface area contributed by atoms with E-state index >= 15 is 0 Å². The maximum Gasteiger partial charge on any atom is 0.284 e. The van der Waals surface area contributed by atoms with Crippen LogP contribution in [0.25, 0.3) is 0 Å². The Balaban J connectivity index is 3.08. The van der Waals surface area contributed by atoms with Crippen LogP contribution in [0.1, 0.15) is 19.4 Å². The molecule has 0 aliphatic heterocycles. The minimum absolute atomic E-state index is 0.0958. The summed E-state index contributed by atoms with van der Waals surface area (Å²) in [6.07, 6.45) is -0.560. The van der Waals surface area contributed by atoms with Gasteiger partial charge < -0.3 is 5.11 Å². The Morgan fingerprint density at radius 3 is 2.65 bits per heavy atom. The van der Waals surface area contributed by atoms with Crippen LogP contribution in [0.2, 0.25) is 0 Å². The van der Waals surface area contributed by atoms with E-state index < -0.39 is 11.0 Å². The number of rotatable bonds is 4. The van der Waals surface area contributed by atoms with Gasteiger partial charge >= 0.3 is 0 Å². The summed E-state index contributed by atoms with van der Waals surface area (Å²) in [4.78, 5) is 10.8. The third-order valence-electron chi connectivity index (χ3n) is 2.28. The van der Waals surface area contributed by atoms with Crippen molar-refractivity contribution in [2.24, 2.45) is 0 Å². The molecule has 0 fully saturated rings. The summed E-state index contributed by atoms with van der Waals surface area (Å²) in [5, 5.41) is 28.8. The largest absolute Gasteiger partial charge is 0.392 e. The van der Waals surface area contributed by atoms with Crippen LogP contribution in [0.3, 0.4) is 0 Å². The molecule has 1 aromatic rings. The SMILES string of the molecule is CC(O)C(C)Sc1ccc(C#N)cc1[N+](=O)[O-]. The van der Waals surface area contributed by atoms with Crippen molar-refractivity contribution in [3.63, 3.8) is 0 Å². The molecule has 0 aliphatic carbocycles. The first kappa shape index (κ1) is 13.5. The van der Waals surface area contributed by atoms with Crippen molar-refractivity contribution >= 4 is 17.4 Å². The fourth-order valence-corrected chi connectivity index (χ4v) is 2.13. The van der Waals surface area contributed by atoms with Gasteiger partial charge in [0.05, 0.1) is 27.6 Å².